The molecule has 4 atom stereocenters. The molecule has 5 heteroatoms. The first-order chi connectivity index (χ1) is 15.5. The molecule has 0 aromatic heterocycles. The van der Waals surface area contributed by atoms with Crippen LogP contribution >= 0.6 is 0 Å². The van der Waals surface area contributed by atoms with Gasteiger partial charge < -0.3 is 5.73 Å². The van der Waals surface area contributed by atoms with Gasteiger partial charge in [0, 0.05) is 17.2 Å². The molecule has 1 heterocycles. The lowest BCUT2D eigenvalue weighted by Crippen LogP contribution is -2.69. The van der Waals surface area contributed by atoms with Gasteiger partial charge in [-0.2, -0.15) is 0 Å². The lowest BCUT2D eigenvalue weighted by molar-refractivity contribution is -0.123. The fourth-order valence-corrected chi connectivity index (χ4v) is 54.5. The fourth-order valence-electron chi connectivity index (χ4n) is 10.2. The zero-order chi connectivity index (χ0) is 25.3. The Balaban J connectivity index is 1.96. The summed E-state index contributed by atoms with van der Waals surface area (Å²) in [5, 5.41) is -0.254. The first kappa shape index (κ1) is 24.8. The number of primary amides is 1. The second kappa shape index (κ2) is 6.89. The fraction of sp³-hybridized carbons (Fsp3) is 0.690. The maximum atomic E-state index is 14.2. The van der Waals surface area contributed by atoms with E-state index in [0.717, 1.165) is 12.8 Å². The first-order valence-corrected chi connectivity index (χ1v) is 24.7. The van der Waals surface area contributed by atoms with Crippen LogP contribution in [-0.2, 0) is 21.7 Å². The van der Waals surface area contributed by atoms with E-state index in [9.17, 15) is 4.79 Å². The largest absolute Gasteiger partial charge is 0.369 e. The SMILES string of the molecule is CCC1=Cc2cc(C(C)(C)C)cc(C34C5CCC(C5)C3(C(N)=O)[Si](C)(C)[Si](C)(C)[Si]4(C)C)c2C1. The number of allylic oxidation sites excluding steroid dienone is 1. The van der Waals surface area contributed by atoms with E-state index >= 15 is 0 Å². The Morgan fingerprint density at radius 1 is 1.03 bits per heavy atom. The number of carbonyl (C=O) groups excluding carboxylic acids is 1. The molecule has 4 aliphatic rings. The van der Waals surface area contributed by atoms with Crippen LogP contribution in [0.25, 0.3) is 6.08 Å². The zero-order valence-corrected chi connectivity index (χ0v) is 26.4. The Kier molecular flexibility index (Phi) is 5.02. The molecule has 1 amide bonds. The highest BCUT2D eigenvalue weighted by Crippen LogP contribution is 2.83. The third-order valence-electron chi connectivity index (χ3n) is 12.6. The molecule has 1 aromatic carbocycles. The highest BCUT2D eigenvalue weighted by molar-refractivity contribution is 7.72. The molecular formula is C29H47NOSi3. The van der Waals surface area contributed by atoms with Crippen LogP contribution < -0.4 is 5.73 Å². The second-order valence-corrected chi connectivity index (χ2v) is 42.6. The molecule has 3 aliphatic carbocycles. The highest BCUT2D eigenvalue weighted by atomic mass is 29.6. The molecular weight excluding hydrogens is 463 g/mol. The van der Waals surface area contributed by atoms with E-state index in [1.54, 1.807) is 16.7 Å². The van der Waals surface area contributed by atoms with E-state index < -0.39 is 22.3 Å². The number of rotatable bonds is 3. The third kappa shape index (κ3) is 2.36. The molecule has 3 fully saturated rings. The van der Waals surface area contributed by atoms with Gasteiger partial charge in [0.1, 0.15) is 0 Å². The van der Waals surface area contributed by atoms with E-state index in [4.69, 9.17) is 5.73 Å². The summed E-state index contributed by atoms with van der Waals surface area (Å²) in [5.74, 6) is 1.23. The molecule has 1 aliphatic heterocycles. The average molecular weight is 510 g/mol. The van der Waals surface area contributed by atoms with Crippen molar-refractivity contribution in [2.45, 2.75) is 115 Å². The molecule has 2 bridgehead atoms. The monoisotopic (exact) mass is 509 g/mol. The zero-order valence-electron chi connectivity index (χ0n) is 23.4. The lowest BCUT2D eigenvalue weighted by atomic mass is 9.69. The lowest BCUT2D eigenvalue weighted by Gasteiger charge is -2.57. The Morgan fingerprint density at radius 2 is 1.65 bits per heavy atom. The van der Waals surface area contributed by atoms with Crippen LogP contribution in [0.1, 0.15) is 75.6 Å². The van der Waals surface area contributed by atoms with Crippen molar-refractivity contribution in [2.75, 3.05) is 0 Å². The number of nitrogens with two attached hydrogens (primary N) is 1. The molecule has 0 radical (unpaired) electrons. The van der Waals surface area contributed by atoms with E-state index in [2.05, 4.69) is 85.2 Å². The van der Waals surface area contributed by atoms with Crippen molar-refractivity contribution < 1.29 is 4.79 Å². The summed E-state index contributed by atoms with van der Waals surface area (Å²) in [6, 6.07) is 5.10. The standard InChI is InChI=1S/C29H47NOSi3/c1-11-19-14-20-16-23(27(2,3)4)18-25(24(20)15-19)28-21-12-13-22(17-21)29(28,26(30)31)33(7,8)34(9,10)32(28,5)6/h14,16,18,21-22H,11-13,15,17H2,1-10H3,(H2,30,31). The molecule has 1 saturated heterocycles. The first-order valence-electron chi connectivity index (χ1n) is 13.7. The molecule has 34 heavy (non-hydrogen) atoms. The van der Waals surface area contributed by atoms with Crippen molar-refractivity contribution in [1.29, 1.82) is 0 Å². The normalized spacial score (nSPS) is 36.4. The van der Waals surface area contributed by atoms with Crippen LogP contribution in [-0.4, -0.2) is 28.2 Å². The second-order valence-electron chi connectivity index (χ2n) is 14.7. The van der Waals surface area contributed by atoms with Gasteiger partial charge in [0.15, 0.2) is 0 Å². The number of benzene rings is 1. The van der Waals surface area contributed by atoms with Gasteiger partial charge in [-0.15, -0.1) is 0 Å². The summed E-state index contributed by atoms with van der Waals surface area (Å²) < 4.78 is 0. The van der Waals surface area contributed by atoms with E-state index in [1.807, 2.05) is 0 Å². The van der Waals surface area contributed by atoms with Crippen LogP contribution in [0.15, 0.2) is 17.7 Å². The molecule has 2 nitrogen and oxygen atoms in total. The summed E-state index contributed by atoms with van der Waals surface area (Å²) in [7, 11) is -5.55. The van der Waals surface area contributed by atoms with Gasteiger partial charge in [-0.1, -0.05) is 90.8 Å². The summed E-state index contributed by atoms with van der Waals surface area (Å²) in [5.41, 5.74) is 14.5. The van der Waals surface area contributed by atoms with Gasteiger partial charge in [-0.05, 0) is 71.6 Å². The van der Waals surface area contributed by atoms with E-state index in [1.165, 1.54) is 30.4 Å². The summed E-state index contributed by atoms with van der Waals surface area (Å²) in [6.07, 6.45) is 8.43. The molecule has 186 valence electrons. The number of hydrogen-bond acceptors (Lipinski definition) is 1. The van der Waals surface area contributed by atoms with Crippen molar-refractivity contribution >= 4 is 34.3 Å². The van der Waals surface area contributed by atoms with Crippen molar-refractivity contribution in [3.63, 3.8) is 0 Å². The molecule has 2 N–H and O–H groups in total. The number of fused-ring (bicyclic) bond motifs is 6. The maximum absolute atomic E-state index is 14.2. The molecule has 1 aromatic rings. The van der Waals surface area contributed by atoms with Gasteiger partial charge >= 0.3 is 0 Å². The topological polar surface area (TPSA) is 43.1 Å². The van der Waals surface area contributed by atoms with Gasteiger partial charge in [0.2, 0.25) is 5.91 Å². The molecule has 0 spiro atoms. The molecule has 5 rings (SSSR count). The Morgan fingerprint density at radius 3 is 2.21 bits per heavy atom. The van der Waals surface area contributed by atoms with Crippen molar-refractivity contribution in [2.24, 2.45) is 17.6 Å². The quantitative estimate of drug-likeness (QED) is 0.435. The predicted molar refractivity (Wildman–Crippen MR) is 154 cm³/mol. The number of amides is 1. The van der Waals surface area contributed by atoms with Crippen LogP contribution in [0, 0.1) is 11.8 Å². The Labute approximate surface area is 210 Å². The van der Waals surface area contributed by atoms with E-state index in [0.29, 0.717) is 11.8 Å². The van der Waals surface area contributed by atoms with Crippen molar-refractivity contribution in [1.82, 2.24) is 0 Å². The highest BCUT2D eigenvalue weighted by Gasteiger charge is 2.89. The average Bonchev–Trinajstić information content (AvgIpc) is 3.44. The van der Waals surface area contributed by atoms with Gasteiger partial charge in [0.05, 0.1) is 15.2 Å². The van der Waals surface area contributed by atoms with Crippen LogP contribution in [0.5, 0.6) is 0 Å². The van der Waals surface area contributed by atoms with Crippen molar-refractivity contribution in [3.8, 4) is 0 Å². The summed E-state index contributed by atoms with van der Waals surface area (Å²) in [6.45, 7) is 25.4. The molecule has 2 saturated carbocycles. The third-order valence-corrected chi connectivity index (χ3v) is 57.5. The maximum Gasteiger partial charge on any atom is 0.221 e. The summed E-state index contributed by atoms with van der Waals surface area (Å²) in [4.78, 5) is 14.2. The van der Waals surface area contributed by atoms with Gasteiger partial charge in [-0.3, -0.25) is 4.79 Å². The number of carbonyl (C=O) groups is 1. The van der Waals surface area contributed by atoms with Gasteiger partial charge in [0.25, 0.3) is 0 Å². The molecule has 4 unspecified atom stereocenters. The smallest absolute Gasteiger partial charge is 0.221 e. The minimum atomic E-state index is -1.97. The van der Waals surface area contributed by atoms with Crippen LogP contribution in [0.2, 0.25) is 44.3 Å². The number of hydrogen-bond donors (Lipinski definition) is 1. The predicted octanol–water partition coefficient (Wildman–Crippen LogP) is 7.06. The Hall–Kier alpha value is -0.919. The minimum Gasteiger partial charge on any atom is -0.369 e. The Bertz CT molecular complexity index is 1120. The minimum absolute atomic E-state index is 0.0164. The summed E-state index contributed by atoms with van der Waals surface area (Å²) >= 11 is 0. The van der Waals surface area contributed by atoms with Crippen LogP contribution in [0.4, 0.5) is 0 Å². The van der Waals surface area contributed by atoms with Gasteiger partial charge in [-0.25, -0.2) is 0 Å². The van der Waals surface area contributed by atoms with Crippen LogP contribution in [0.3, 0.4) is 0 Å². The van der Waals surface area contributed by atoms with Crippen molar-refractivity contribution in [3.05, 3.63) is 40.0 Å². The van der Waals surface area contributed by atoms with E-state index in [-0.39, 0.29) is 21.4 Å².